The van der Waals surface area contributed by atoms with Crippen molar-refractivity contribution in [1.82, 2.24) is 4.98 Å². The number of aliphatic hydroxyl groups is 1. The molecular formula is C37H51N4O9Zn-. The van der Waals surface area contributed by atoms with E-state index in [-0.39, 0.29) is 84.1 Å². The minimum absolute atomic E-state index is 0. The number of carbonyl (C=O) groups excluding carboxylic acids is 3. The predicted molar refractivity (Wildman–Crippen MR) is 188 cm³/mol. The third kappa shape index (κ3) is 10.2. The molecule has 51 heavy (non-hydrogen) atoms. The van der Waals surface area contributed by atoms with E-state index < -0.39 is 37.0 Å². The summed E-state index contributed by atoms with van der Waals surface area (Å²) in [5.74, 6) is -2.02. The molecule has 2 heterocycles. The quantitative estimate of drug-likeness (QED) is 0.109. The first-order chi connectivity index (χ1) is 23.5. The van der Waals surface area contributed by atoms with Crippen LogP contribution in [0.3, 0.4) is 0 Å². The van der Waals surface area contributed by atoms with Crippen molar-refractivity contribution in [1.29, 1.82) is 0 Å². The number of esters is 2. The standard InChI is InChI=1S/C37H52N4O9.Zn/c1-17-10-19(3)30(20(4)11-17)36(46)49-32-23(7)26(39-34(32)38-25(9)42)14-27-24(8)33(35(40-27)41-28(43)15-48-16-29(44)45)50-37(47)31-21(5)12-18(2)13-22(31)6;/h14,17-22,30-31H,10-13,15-16H2,1-9H3,(H4,38,39,40,41,42,43,44,45);/p-1. The number of anilines is 1. The smallest absolute Gasteiger partial charge is 0.329 e. The van der Waals surface area contributed by atoms with Crippen LogP contribution in [0.4, 0.5) is 5.82 Å². The number of nitrogens with one attached hydrogen (secondary N) is 1. The van der Waals surface area contributed by atoms with E-state index in [0.29, 0.717) is 34.4 Å². The van der Waals surface area contributed by atoms with Gasteiger partial charge in [-0.1, -0.05) is 41.5 Å². The van der Waals surface area contributed by atoms with Crippen LogP contribution in [-0.2, 0) is 48.1 Å². The fourth-order valence-electron chi connectivity index (χ4n) is 8.16. The third-order valence-corrected chi connectivity index (χ3v) is 10.1. The maximum Gasteiger partial charge on any atom is 0.329 e. The van der Waals surface area contributed by atoms with Crippen LogP contribution in [0.1, 0.15) is 92.3 Å². The molecule has 3 N–H and O–H groups in total. The molecule has 4 atom stereocenters. The Morgan fingerprint density at radius 2 is 1.37 bits per heavy atom. The average molecular weight is 761 g/mol. The molecule has 276 valence electrons. The van der Waals surface area contributed by atoms with Crippen LogP contribution in [-0.4, -0.2) is 59.0 Å². The second kappa shape index (κ2) is 17.7. The Bertz CT molecular complexity index is 1600. The number of carboxylic acid groups (broad SMARTS) is 1. The fraction of sp³-hybridized carbons (Fsp3) is 0.622. The van der Waals surface area contributed by atoms with E-state index >= 15 is 0 Å². The number of allylic oxidation sites excluding steroid dienone is 1. The van der Waals surface area contributed by atoms with Crippen LogP contribution >= 0.6 is 0 Å². The van der Waals surface area contributed by atoms with Gasteiger partial charge in [0.05, 0.1) is 17.5 Å². The summed E-state index contributed by atoms with van der Waals surface area (Å²) in [4.78, 5) is 63.5. The second-order valence-corrected chi connectivity index (χ2v) is 14.8. The summed E-state index contributed by atoms with van der Waals surface area (Å²) < 4.78 is 16.9. The Kier molecular flexibility index (Phi) is 14.5. The molecule has 13 nitrogen and oxygen atoms in total. The van der Waals surface area contributed by atoms with Crippen molar-refractivity contribution in [3.63, 3.8) is 0 Å². The molecule has 14 heteroatoms. The zero-order chi connectivity index (χ0) is 37.0. The molecule has 0 aromatic carbocycles. The number of carboxylic acids is 1. The van der Waals surface area contributed by atoms with Gasteiger partial charge in [-0.15, -0.1) is 0 Å². The Hall–Kier alpha value is -3.64. The molecule has 3 aliphatic rings. The van der Waals surface area contributed by atoms with Crippen LogP contribution in [0.5, 0.6) is 5.75 Å². The molecule has 0 saturated heterocycles. The number of hydrogen-bond acceptors (Lipinski definition) is 9. The Labute approximate surface area is 312 Å². The zero-order valence-electron chi connectivity index (χ0n) is 31.2. The first kappa shape index (κ1) is 41.8. The number of aromatic nitrogens is 1. The number of aliphatic hydroxyl groups excluding tert-OH is 1. The maximum atomic E-state index is 13.6. The largest absolute Gasteiger partial charge is 0.495 e. The Morgan fingerprint density at radius 1 is 0.863 bits per heavy atom. The van der Waals surface area contributed by atoms with Crippen LogP contribution in [0.25, 0.3) is 6.08 Å². The van der Waals surface area contributed by atoms with Crippen LogP contribution < -0.4 is 15.0 Å². The van der Waals surface area contributed by atoms with Crippen molar-refractivity contribution in [3.8, 4) is 5.75 Å². The third-order valence-electron chi connectivity index (χ3n) is 10.1. The van der Waals surface area contributed by atoms with Crippen LogP contribution in [0.2, 0.25) is 0 Å². The summed E-state index contributed by atoms with van der Waals surface area (Å²) in [7, 11) is 0. The summed E-state index contributed by atoms with van der Waals surface area (Å²) in [5.41, 5.74) is 1.57. The molecule has 0 radical (unpaired) electrons. The summed E-state index contributed by atoms with van der Waals surface area (Å²) in [6, 6.07) is 0. The van der Waals surface area contributed by atoms with Gasteiger partial charge in [0.15, 0.2) is 11.6 Å². The van der Waals surface area contributed by atoms with Gasteiger partial charge in [0.25, 0.3) is 0 Å². The van der Waals surface area contributed by atoms with E-state index in [2.05, 4.69) is 48.0 Å². The zero-order valence-corrected chi connectivity index (χ0v) is 34.2. The molecule has 2 fully saturated rings. The maximum absolute atomic E-state index is 13.6. The summed E-state index contributed by atoms with van der Waals surface area (Å²) in [5, 5.41) is 22.0. The van der Waals surface area contributed by atoms with Gasteiger partial charge < -0.3 is 34.7 Å². The molecule has 4 rings (SSSR count). The fourth-order valence-corrected chi connectivity index (χ4v) is 8.16. The van der Waals surface area contributed by atoms with E-state index in [1.807, 2.05) is 13.8 Å². The first-order valence-corrected chi connectivity index (χ1v) is 17.4. The number of aliphatic carboxylic acids is 1. The normalized spacial score (nSPS) is 28.9. The molecule has 1 amide bonds. The SMILES string of the molecule is CC(=O)Nc1[n-]c(/C=C2\N=C(N=C(O)COCC(=O)O)C(OC(=O)C3C(C)CC(C)CC3C)=C2C)c(C)c1OC(=O)C1C(C)CC(C)CC1C.[Zn]. The van der Waals surface area contributed by atoms with E-state index in [1.165, 1.54) is 6.92 Å². The predicted octanol–water partition coefficient (Wildman–Crippen LogP) is 6.08. The Morgan fingerprint density at radius 3 is 1.86 bits per heavy atom. The van der Waals surface area contributed by atoms with Crippen LogP contribution in [0.15, 0.2) is 27.0 Å². The van der Waals surface area contributed by atoms with Crippen molar-refractivity contribution in [3.05, 3.63) is 28.3 Å². The molecule has 1 aliphatic heterocycles. The molecule has 0 bridgehead atoms. The number of amidine groups is 1. The van der Waals surface area contributed by atoms with Gasteiger partial charge in [-0.25, -0.2) is 9.79 Å². The van der Waals surface area contributed by atoms with E-state index in [1.54, 1.807) is 19.9 Å². The monoisotopic (exact) mass is 759 g/mol. The Balaban J connectivity index is 0.00000702. The van der Waals surface area contributed by atoms with Crippen LogP contribution in [0, 0.1) is 54.3 Å². The molecule has 1 aromatic heterocycles. The number of ether oxygens (including phenoxy) is 3. The topological polar surface area (TPSA) is 187 Å². The van der Waals surface area contributed by atoms with Gasteiger partial charge in [-0.2, -0.15) is 4.99 Å². The second-order valence-electron chi connectivity index (χ2n) is 14.8. The van der Waals surface area contributed by atoms with Crippen molar-refractivity contribution in [2.45, 2.75) is 88.0 Å². The van der Waals surface area contributed by atoms with Gasteiger partial charge in [0.1, 0.15) is 24.9 Å². The number of aliphatic imine (C=N–C) groups is 2. The summed E-state index contributed by atoms with van der Waals surface area (Å²) in [6.45, 7) is 16.1. The first-order valence-electron chi connectivity index (χ1n) is 17.4. The molecule has 2 saturated carbocycles. The number of rotatable bonds is 10. The number of hydrogen-bond donors (Lipinski definition) is 3. The van der Waals surface area contributed by atoms with E-state index in [0.717, 1.165) is 25.7 Å². The minimum Gasteiger partial charge on any atom is -0.495 e. The van der Waals surface area contributed by atoms with Crippen molar-refractivity contribution in [2.24, 2.45) is 57.3 Å². The molecule has 4 unspecified atom stereocenters. The number of amides is 1. The van der Waals surface area contributed by atoms with Gasteiger partial charge in [-0.3, -0.25) is 14.4 Å². The molecule has 0 spiro atoms. The van der Waals surface area contributed by atoms with E-state index in [4.69, 9.17) is 19.3 Å². The minimum atomic E-state index is -1.21. The van der Waals surface area contributed by atoms with Gasteiger partial charge >= 0.3 is 17.9 Å². The van der Waals surface area contributed by atoms with Gasteiger partial charge in [0.2, 0.25) is 5.90 Å². The summed E-state index contributed by atoms with van der Waals surface area (Å²) >= 11 is 0. The van der Waals surface area contributed by atoms with Crippen molar-refractivity contribution < 1.29 is 63.1 Å². The molecular weight excluding hydrogens is 710 g/mol. The van der Waals surface area contributed by atoms with Crippen molar-refractivity contribution in [2.75, 3.05) is 18.5 Å². The number of carbonyl (C=O) groups is 4. The van der Waals surface area contributed by atoms with Crippen molar-refractivity contribution >= 4 is 47.4 Å². The molecule has 1 aromatic rings. The van der Waals surface area contributed by atoms with Gasteiger partial charge in [0, 0.05) is 25.1 Å². The van der Waals surface area contributed by atoms with Gasteiger partial charge in [-0.05, 0) is 105 Å². The summed E-state index contributed by atoms with van der Waals surface area (Å²) in [6.07, 6.45) is 5.20. The van der Waals surface area contributed by atoms with E-state index in [9.17, 15) is 24.3 Å². The molecule has 2 aliphatic carbocycles. The number of nitrogens with zero attached hydrogens (tertiary/aromatic N) is 3. The average Bonchev–Trinajstić information content (AvgIpc) is 3.41.